The predicted octanol–water partition coefficient (Wildman–Crippen LogP) is 2.95. The third-order valence-electron chi connectivity index (χ3n) is 3.41. The Hall–Kier alpha value is -2.30. The quantitative estimate of drug-likeness (QED) is 0.444. The number of halogens is 1. The van der Waals surface area contributed by atoms with Gasteiger partial charge >= 0.3 is 0 Å². The van der Waals surface area contributed by atoms with Crippen molar-refractivity contribution in [1.82, 2.24) is 9.99 Å². The minimum atomic E-state index is -0.299. The third kappa shape index (κ3) is 2.63. The van der Waals surface area contributed by atoms with Gasteiger partial charge in [0.15, 0.2) is 0 Å². The van der Waals surface area contributed by atoms with E-state index in [9.17, 15) is 4.79 Å². The summed E-state index contributed by atoms with van der Waals surface area (Å²) < 4.78 is 2.07. The molecule has 3 rings (SSSR count). The number of hydrogen-bond donors (Lipinski definition) is 2. The van der Waals surface area contributed by atoms with Crippen LogP contribution in [-0.4, -0.2) is 10.5 Å². The monoisotopic (exact) mass is 299 g/mol. The van der Waals surface area contributed by atoms with Gasteiger partial charge in [-0.25, -0.2) is 5.84 Å². The minimum absolute atomic E-state index is 0.299. The predicted molar refractivity (Wildman–Crippen MR) is 84.1 cm³/mol. The summed E-state index contributed by atoms with van der Waals surface area (Å²) in [7, 11) is 0. The largest absolute Gasteiger partial charge is 0.342 e. The molecule has 1 aromatic heterocycles. The average molecular weight is 300 g/mol. The van der Waals surface area contributed by atoms with Crippen LogP contribution in [0.1, 0.15) is 15.9 Å². The maximum Gasteiger partial charge on any atom is 0.265 e. The number of rotatable bonds is 3. The molecule has 0 saturated heterocycles. The van der Waals surface area contributed by atoms with Crippen LogP contribution in [0.15, 0.2) is 54.7 Å². The van der Waals surface area contributed by atoms with Crippen molar-refractivity contribution in [2.75, 3.05) is 0 Å². The smallest absolute Gasteiger partial charge is 0.265 e. The lowest BCUT2D eigenvalue weighted by atomic mass is 10.1. The van der Waals surface area contributed by atoms with Gasteiger partial charge in [0, 0.05) is 23.7 Å². The summed E-state index contributed by atoms with van der Waals surface area (Å²) in [6.45, 7) is 0.638. The first-order valence-corrected chi connectivity index (χ1v) is 6.90. The fourth-order valence-corrected chi connectivity index (χ4v) is 2.73. The number of amides is 1. The normalized spacial score (nSPS) is 10.8. The molecular formula is C16H14ClN3O. The number of benzene rings is 2. The van der Waals surface area contributed by atoms with Crippen LogP contribution in [0, 0.1) is 0 Å². The topological polar surface area (TPSA) is 60.0 Å². The molecule has 0 bridgehead atoms. The molecule has 106 valence electrons. The molecule has 0 aliphatic rings. The summed E-state index contributed by atoms with van der Waals surface area (Å²) >= 11 is 6.27. The van der Waals surface area contributed by atoms with Gasteiger partial charge in [0.05, 0.1) is 10.5 Å². The molecule has 0 atom stereocenters. The number of hydrogen-bond acceptors (Lipinski definition) is 2. The summed E-state index contributed by atoms with van der Waals surface area (Å²) in [6, 6.07) is 15.2. The minimum Gasteiger partial charge on any atom is -0.342 e. The van der Waals surface area contributed by atoms with E-state index in [1.165, 1.54) is 0 Å². The van der Waals surface area contributed by atoms with Gasteiger partial charge in [-0.1, -0.05) is 35.9 Å². The van der Waals surface area contributed by atoms with E-state index >= 15 is 0 Å². The maximum atomic E-state index is 11.6. The van der Waals surface area contributed by atoms with Gasteiger partial charge in [-0.05, 0) is 29.8 Å². The Bertz CT molecular complexity index is 810. The molecule has 4 nitrogen and oxygen atoms in total. The van der Waals surface area contributed by atoms with Crippen molar-refractivity contribution in [3.05, 3.63) is 70.9 Å². The van der Waals surface area contributed by atoms with E-state index < -0.39 is 0 Å². The van der Waals surface area contributed by atoms with E-state index in [4.69, 9.17) is 17.4 Å². The number of carbonyl (C=O) groups is 1. The van der Waals surface area contributed by atoms with Gasteiger partial charge in [0.25, 0.3) is 5.91 Å². The van der Waals surface area contributed by atoms with Crippen LogP contribution in [0.25, 0.3) is 10.9 Å². The second kappa shape index (κ2) is 5.60. The number of aromatic nitrogens is 1. The molecule has 0 radical (unpaired) electrons. The highest BCUT2D eigenvalue weighted by molar-refractivity contribution is 6.35. The van der Waals surface area contributed by atoms with E-state index in [-0.39, 0.29) is 5.91 Å². The van der Waals surface area contributed by atoms with Gasteiger partial charge in [0.2, 0.25) is 0 Å². The molecule has 1 heterocycles. The molecule has 2 aromatic carbocycles. The summed E-state index contributed by atoms with van der Waals surface area (Å²) in [5, 5.41) is 1.81. The van der Waals surface area contributed by atoms with Crippen molar-refractivity contribution >= 4 is 28.4 Å². The number of nitrogen functional groups attached to an aromatic ring is 1. The van der Waals surface area contributed by atoms with Crippen LogP contribution in [0.2, 0.25) is 5.02 Å². The second-order valence-corrected chi connectivity index (χ2v) is 5.20. The Morgan fingerprint density at radius 3 is 2.81 bits per heavy atom. The Morgan fingerprint density at radius 1 is 1.19 bits per heavy atom. The van der Waals surface area contributed by atoms with Crippen LogP contribution >= 0.6 is 11.6 Å². The zero-order valence-electron chi connectivity index (χ0n) is 11.2. The fraction of sp³-hybridized carbons (Fsp3) is 0.0625. The standard InChI is InChI=1S/C16H14ClN3O/c17-14-6-2-4-12-7-8-20(15(12)14)10-11-3-1-5-13(9-11)16(21)19-18/h1-9H,10,18H2,(H,19,21). The SMILES string of the molecule is NNC(=O)c1cccc(Cn2ccc3cccc(Cl)c32)c1. The van der Waals surface area contributed by atoms with E-state index in [1.54, 1.807) is 6.07 Å². The third-order valence-corrected chi connectivity index (χ3v) is 3.72. The first kappa shape index (κ1) is 13.7. The Labute approximate surface area is 127 Å². The zero-order chi connectivity index (χ0) is 14.8. The molecule has 3 N–H and O–H groups in total. The highest BCUT2D eigenvalue weighted by Crippen LogP contribution is 2.25. The van der Waals surface area contributed by atoms with Crippen LogP contribution in [0.3, 0.4) is 0 Å². The molecule has 21 heavy (non-hydrogen) atoms. The molecular weight excluding hydrogens is 286 g/mol. The van der Waals surface area contributed by atoms with Crippen molar-refractivity contribution in [1.29, 1.82) is 0 Å². The van der Waals surface area contributed by atoms with Crippen molar-refractivity contribution < 1.29 is 4.79 Å². The molecule has 3 aromatic rings. The molecule has 0 spiro atoms. The summed E-state index contributed by atoms with van der Waals surface area (Å²) in [5.41, 5.74) is 4.68. The fourth-order valence-electron chi connectivity index (χ4n) is 2.44. The van der Waals surface area contributed by atoms with Crippen molar-refractivity contribution in [2.45, 2.75) is 6.54 Å². The van der Waals surface area contributed by atoms with Crippen molar-refractivity contribution in [3.63, 3.8) is 0 Å². The van der Waals surface area contributed by atoms with Crippen molar-refractivity contribution in [3.8, 4) is 0 Å². The van der Waals surface area contributed by atoms with E-state index in [0.717, 1.165) is 16.5 Å². The van der Waals surface area contributed by atoms with Crippen LogP contribution in [0.4, 0.5) is 0 Å². The summed E-state index contributed by atoms with van der Waals surface area (Å²) in [4.78, 5) is 11.6. The number of fused-ring (bicyclic) bond motifs is 1. The number of nitrogens with one attached hydrogen (secondary N) is 1. The van der Waals surface area contributed by atoms with Gasteiger partial charge < -0.3 is 4.57 Å². The number of hydrazine groups is 1. The summed E-state index contributed by atoms with van der Waals surface area (Å²) in [5.74, 6) is 4.86. The van der Waals surface area contributed by atoms with Crippen LogP contribution < -0.4 is 11.3 Å². The highest BCUT2D eigenvalue weighted by Gasteiger charge is 2.07. The molecule has 0 saturated carbocycles. The van der Waals surface area contributed by atoms with Gasteiger partial charge in [-0.15, -0.1) is 0 Å². The average Bonchev–Trinajstić information content (AvgIpc) is 2.91. The second-order valence-electron chi connectivity index (χ2n) is 4.80. The number of nitrogens with two attached hydrogens (primary N) is 1. The van der Waals surface area contributed by atoms with E-state index in [1.807, 2.05) is 48.7 Å². The lowest BCUT2D eigenvalue weighted by Gasteiger charge is -2.08. The molecule has 0 aliphatic carbocycles. The zero-order valence-corrected chi connectivity index (χ0v) is 12.0. The van der Waals surface area contributed by atoms with Crippen LogP contribution in [0.5, 0.6) is 0 Å². The highest BCUT2D eigenvalue weighted by atomic mass is 35.5. The Morgan fingerprint density at radius 2 is 2.00 bits per heavy atom. The maximum absolute atomic E-state index is 11.6. The van der Waals surface area contributed by atoms with Gasteiger partial charge in [0.1, 0.15) is 0 Å². The number of nitrogens with zero attached hydrogens (tertiary/aromatic N) is 1. The first-order valence-electron chi connectivity index (χ1n) is 6.52. The lowest BCUT2D eigenvalue weighted by Crippen LogP contribution is -2.30. The first-order chi connectivity index (χ1) is 10.2. The number of para-hydroxylation sites is 1. The van der Waals surface area contributed by atoms with Gasteiger partial charge in [-0.3, -0.25) is 10.2 Å². The Kier molecular flexibility index (Phi) is 3.64. The molecule has 5 heteroatoms. The van der Waals surface area contributed by atoms with E-state index in [0.29, 0.717) is 17.1 Å². The lowest BCUT2D eigenvalue weighted by molar-refractivity contribution is 0.0953. The molecule has 0 aliphatic heterocycles. The van der Waals surface area contributed by atoms with Gasteiger partial charge in [-0.2, -0.15) is 0 Å². The molecule has 0 unspecified atom stereocenters. The van der Waals surface area contributed by atoms with E-state index in [2.05, 4.69) is 9.99 Å². The molecule has 1 amide bonds. The molecule has 0 fully saturated rings. The summed E-state index contributed by atoms with van der Waals surface area (Å²) in [6.07, 6.45) is 1.99. The Balaban J connectivity index is 1.97. The van der Waals surface area contributed by atoms with Crippen LogP contribution in [-0.2, 0) is 6.54 Å². The van der Waals surface area contributed by atoms with Crippen molar-refractivity contribution in [2.24, 2.45) is 5.84 Å². The number of carbonyl (C=O) groups excluding carboxylic acids is 1.